The second-order valence-corrected chi connectivity index (χ2v) is 9.52. The fourth-order valence-electron chi connectivity index (χ4n) is 2.76. The first-order valence-corrected chi connectivity index (χ1v) is 11.8. The third-order valence-corrected chi connectivity index (χ3v) is 6.67. The number of benzene rings is 1. The monoisotopic (exact) mass is 432 g/mol. The number of nitrogens with two attached hydrogens (primary N) is 1. The van der Waals surface area contributed by atoms with Gasteiger partial charge in [0.25, 0.3) is 5.91 Å². The van der Waals surface area contributed by atoms with Crippen LogP contribution in [0.15, 0.2) is 24.3 Å². The molecular formula is C17H25FN4O4S2. The molecule has 0 radical (unpaired) electrons. The van der Waals surface area contributed by atoms with E-state index >= 15 is 0 Å². The van der Waals surface area contributed by atoms with Crippen LogP contribution < -0.4 is 11.1 Å². The van der Waals surface area contributed by atoms with E-state index in [0.29, 0.717) is 18.1 Å². The van der Waals surface area contributed by atoms with Crippen molar-refractivity contribution in [1.82, 2.24) is 14.5 Å². The third kappa shape index (κ3) is 6.43. The van der Waals surface area contributed by atoms with Crippen LogP contribution in [0, 0.1) is 5.82 Å². The van der Waals surface area contributed by atoms with E-state index in [1.807, 2.05) is 0 Å². The van der Waals surface area contributed by atoms with Crippen LogP contribution >= 0.6 is 11.8 Å². The van der Waals surface area contributed by atoms with Crippen molar-refractivity contribution in [2.75, 3.05) is 50.5 Å². The number of rotatable bonds is 8. The standard InChI is InChI=1S/C17H25FN4O4S2/c1-28(25,26)22-9-7-21(8-10-22)17(24)15(12-27-11-6-19)20-16(23)13-2-4-14(18)5-3-13/h2-5,15H,6-12,19H2,1H3,(H,20,23)/t15-/m0/s1. The van der Waals surface area contributed by atoms with Crippen molar-refractivity contribution in [3.63, 3.8) is 0 Å². The normalized spacial score (nSPS) is 16.6. The second kappa shape index (κ2) is 10.2. The van der Waals surface area contributed by atoms with Crippen molar-refractivity contribution in [3.05, 3.63) is 35.6 Å². The molecule has 3 N–H and O–H groups in total. The van der Waals surface area contributed by atoms with Crippen LogP contribution in [0.25, 0.3) is 0 Å². The number of thioether (sulfide) groups is 1. The fourth-order valence-corrected chi connectivity index (χ4v) is 4.38. The Labute approximate surface area is 168 Å². The van der Waals surface area contributed by atoms with Crippen molar-refractivity contribution < 1.29 is 22.4 Å². The summed E-state index contributed by atoms with van der Waals surface area (Å²) < 4.78 is 37.6. The first-order valence-electron chi connectivity index (χ1n) is 8.80. The number of carbonyl (C=O) groups excluding carboxylic acids is 2. The number of nitrogens with zero attached hydrogens (tertiary/aromatic N) is 2. The molecule has 1 aromatic rings. The number of sulfonamides is 1. The Kier molecular flexibility index (Phi) is 8.23. The lowest BCUT2D eigenvalue weighted by Crippen LogP contribution is -2.56. The molecule has 2 amide bonds. The predicted octanol–water partition coefficient (Wildman–Crippen LogP) is -0.280. The molecule has 1 atom stereocenters. The number of halogens is 1. The van der Waals surface area contributed by atoms with Gasteiger partial charge < -0.3 is 16.0 Å². The van der Waals surface area contributed by atoms with Gasteiger partial charge in [-0.3, -0.25) is 9.59 Å². The van der Waals surface area contributed by atoms with Gasteiger partial charge in [0.05, 0.1) is 6.26 Å². The molecule has 0 saturated carbocycles. The highest BCUT2D eigenvalue weighted by molar-refractivity contribution is 7.99. The molecule has 0 unspecified atom stereocenters. The summed E-state index contributed by atoms with van der Waals surface area (Å²) in [5, 5.41) is 2.70. The van der Waals surface area contributed by atoms with Crippen LogP contribution in [-0.2, 0) is 14.8 Å². The molecule has 0 bridgehead atoms. The average Bonchev–Trinajstić information content (AvgIpc) is 2.66. The maximum absolute atomic E-state index is 13.1. The van der Waals surface area contributed by atoms with Gasteiger partial charge in [-0.05, 0) is 24.3 Å². The van der Waals surface area contributed by atoms with Gasteiger partial charge >= 0.3 is 0 Å². The predicted molar refractivity (Wildman–Crippen MR) is 107 cm³/mol. The number of amides is 2. The third-order valence-electron chi connectivity index (χ3n) is 4.28. The Hall–Kier alpha value is -1.69. The van der Waals surface area contributed by atoms with Crippen molar-refractivity contribution in [3.8, 4) is 0 Å². The zero-order valence-electron chi connectivity index (χ0n) is 15.6. The van der Waals surface area contributed by atoms with E-state index in [4.69, 9.17) is 5.73 Å². The molecule has 2 rings (SSSR count). The van der Waals surface area contributed by atoms with Crippen LogP contribution in [0.2, 0.25) is 0 Å². The molecule has 0 spiro atoms. The maximum atomic E-state index is 13.1. The summed E-state index contributed by atoms with van der Waals surface area (Å²) in [6.45, 7) is 1.41. The van der Waals surface area contributed by atoms with Gasteiger partial charge in [0.1, 0.15) is 11.9 Å². The molecule has 1 fully saturated rings. The Bertz CT molecular complexity index is 781. The van der Waals surface area contributed by atoms with Gasteiger partial charge in [-0.1, -0.05) is 0 Å². The smallest absolute Gasteiger partial charge is 0.251 e. The SMILES string of the molecule is CS(=O)(=O)N1CCN(C(=O)[C@H](CSCCN)NC(=O)c2ccc(F)cc2)CC1. The summed E-state index contributed by atoms with van der Waals surface area (Å²) in [6, 6.07) is 4.28. The lowest BCUT2D eigenvalue weighted by atomic mass is 10.2. The number of hydrogen-bond acceptors (Lipinski definition) is 6. The molecular weight excluding hydrogens is 407 g/mol. The van der Waals surface area contributed by atoms with E-state index in [1.54, 1.807) is 4.90 Å². The Morgan fingerprint density at radius 2 is 1.82 bits per heavy atom. The zero-order valence-corrected chi connectivity index (χ0v) is 17.3. The minimum Gasteiger partial charge on any atom is -0.339 e. The van der Waals surface area contributed by atoms with E-state index in [0.717, 1.165) is 6.26 Å². The quantitative estimate of drug-likeness (QED) is 0.547. The van der Waals surface area contributed by atoms with Crippen LogP contribution in [0.4, 0.5) is 4.39 Å². The van der Waals surface area contributed by atoms with E-state index in [-0.39, 0.29) is 37.6 Å². The van der Waals surface area contributed by atoms with Crippen LogP contribution in [-0.4, -0.2) is 86.0 Å². The zero-order chi connectivity index (χ0) is 20.7. The van der Waals surface area contributed by atoms with Gasteiger partial charge in [0.2, 0.25) is 15.9 Å². The molecule has 1 aliphatic rings. The minimum atomic E-state index is -3.29. The lowest BCUT2D eigenvalue weighted by molar-refractivity contribution is -0.133. The van der Waals surface area contributed by atoms with Crippen LogP contribution in [0.3, 0.4) is 0 Å². The molecule has 1 aliphatic heterocycles. The fraction of sp³-hybridized carbons (Fsp3) is 0.529. The summed E-state index contributed by atoms with van der Waals surface area (Å²) in [5.41, 5.74) is 5.75. The molecule has 0 aliphatic carbocycles. The van der Waals surface area contributed by atoms with Crippen molar-refractivity contribution in [1.29, 1.82) is 0 Å². The van der Waals surface area contributed by atoms with Gasteiger partial charge in [0, 0.05) is 49.8 Å². The van der Waals surface area contributed by atoms with Gasteiger partial charge in [-0.2, -0.15) is 16.1 Å². The van der Waals surface area contributed by atoms with Gasteiger partial charge in [-0.15, -0.1) is 0 Å². The Morgan fingerprint density at radius 1 is 1.21 bits per heavy atom. The summed E-state index contributed by atoms with van der Waals surface area (Å²) in [4.78, 5) is 26.9. The summed E-state index contributed by atoms with van der Waals surface area (Å²) in [5.74, 6) is -0.214. The molecule has 0 aromatic heterocycles. The van der Waals surface area contributed by atoms with Crippen LogP contribution in [0.1, 0.15) is 10.4 Å². The Morgan fingerprint density at radius 3 is 2.36 bits per heavy atom. The van der Waals surface area contributed by atoms with Crippen LogP contribution in [0.5, 0.6) is 0 Å². The van der Waals surface area contributed by atoms with E-state index in [9.17, 15) is 22.4 Å². The largest absolute Gasteiger partial charge is 0.339 e. The second-order valence-electron chi connectivity index (χ2n) is 6.38. The highest BCUT2D eigenvalue weighted by Gasteiger charge is 2.31. The van der Waals surface area contributed by atoms with Crippen molar-refractivity contribution in [2.24, 2.45) is 5.73 Å². The minimum absolute atomic E-state index is 0.221. The number of piperazine rings is 1. The van der Waals surface area contributed by atoms with Gasteiger partial charge in [0.15, 0.2) is 0 Å². The maximum Gasteiger partial charge on any atom is 0.251 e. The molecule has 1 heterocycles. The molecule has 1 saturated heterocycles. The topological polar surface area (TPSA) is 113 Å². The number of nitrogens with one attached hydrogen (secondary N) is 1. The average molecular weight is 433 g/mol. The van der Waals surface area contributed by atoms with Gasteiger partial charge in [-0.25, -0.2) is 12.8 Å². The highest BCUT2D eigenvalue weighted by Crippen LogP contribution is 2.12. The summed E-state index contributed by atoms with van der Waals surface area (Å²) >= 11 is 1.44. The molecule has 156 valence electrons. The number of carbonyl (C=O) groups is 2. The number of hydrogen-bond donors (Lipinski definition) is 2. The van der Waals surface area contributed by atoms with E-state index in [1.165, 1.54) is 40.3 Å². The summed E-state index contributed by atoms with van der Waals surface area (Å²) in [6.07, 6.45) is 1.14. The van der Waals surface area contributed by atoms with Crippen molar-refractivity contribution in [2.45, 2.75) is 6.04 Å². The molecule has 11 heteroatoms. The highest BCUT2D eigenvalue weighted by atomic mass is 32.2. The lowest BCUT2D eigenvalue weighted by Gasteiger charge is -2.35. The van der Waals surface area contributed by atoms with E-state index in [2.05, 4.69) is 5.32 Å². The molecule has 28 heavy (non-hydrogen) atoms. The van der Waals surface area contributed by atoms with Crippen molar-refractivity contribution >= 4 is 33.6 Å². The first-order chi connectivity index (χ1) is 13.2. The first kappa shape index (κ1) is 22.6. The molecule has 1 aromatic carbocycles. The molecule has 8 nitrogen and oxygen atoms in total. The Balaban J connectivity index is 2.04. The van der Waals surface area contributed by atoms with E-state index < -0.39 is 27.8 Å². The summed E-state index contributed by atoms with van der Waals surface area (Å²) in [7, 11) is -3.29.